The number of anilines is 1. The Morgan fingerprint density at radius 1 is 0.778 bits per heavy atom. The second kappa shape index (κ2) is 9.89. The number of nitrogen functional groups attached to an aromatic ring is 1. The number of benzene rings is 2. The lowest BCUT2D eigenvalue weighted by atomic mass is 9.89. The van der Waals surface area contributed by atoms with Crippen molar-refractivity contribution in [2.75, 3.05) is 31.9 Å². The van der Waals surface area contributed by atoms with E-state index in [9.17, 15) is 0 Å². The molecule has 1 saturated heterocycles. The van der Waals surface area contributed by atoms with Gasteiger partial charge in [-0.3, -0.25) is 10.7 Å². The molecular weight excluding hydrogens is 450 g/mol. The van der Waals surface area contributed by atoms with Crippen LogP contribution in [0.15, 0.2) is 67.1 Å². The number of rotatable bonds is 5. The van der Waals surface area contributed by atoms with Gasteiger partial charge < -0.3 is 15.0 Å². The molecule has 8 nitrogen and oxygen atoms in total. The first-order chi connectivity index (χ1) is 17.7. The minimum atomic E-state index is 0.406. The molecule has 1 saturated carbocycles. The lowest BCUT2D eigenvalue weighted by molar-refractivity contribution is 0.0720. The van der Waals surface area contributed by atoms with Crippen molar-refractivity contribution < 1.29 is 4.74 Å². The summed E-state index contributed by atoms with van der Waals surface area (Å²) in [4.78, 5) is 11.6. The van der Waals surface area contributed by atoms with E-state index >= 15 is 0 Å². The molecule has 1 aliphatic carbocycles. The number of ether oxygens (including phenoxy) is 1. The number of hydrogen-bond acceptors (Lipinski definition) is 7. The highest BCUT2D eigenvalue weighted by Crippen LogP contribution is 2.39. The van der Waals surface area contributed by atoms with Crippen LogP contribution in [0, 0.1) is 0 Å². The van der Waals surface area contributed by atoms with Gasteiger partial charge in [0.25, 0.3) is 0 Å². The second-order valence-electron chi connectivity index (χ2n) is 9.88. The van der Waals surface area contributed by atoms with Crippen LogP contribution >= 0.6 is 0 Å². The quantitative estimate of drug-likeness (QED) is 0.405. The molecule has 2 aromatic heterocycles. The van der Waals surface area contributed by atoms with E-state index in [1.54, 1.807) is 6.33 Å². The highest BCUT2D eigenvalue weighted by Gasteiger charge is 2.30. The molecule has 36 heavy (non-hydrogen) atoms. The molecule has 0 amide bonds. The number of hydrogen-bond donors (Lipinski definition) is 2. The summed E-state index contributed by atoms with van der Waals surface area (Å²) in [7, 11) is 0. The van der Waals surface area contributed by atoms with Gasteiger partial charge in [0.2, 0.25) is 0 Å². The Morgan fingerprint density at radius 3 is 2.17 bits per heavy atom. The maximum Gasteiger partial charge on any atom is 0.146 e. The molecule has 4 N–H and O–H groups in total. The normalized spacial score (nSPS) is 21.6. The summed E-state index contributed by atoms with van der Waals surface area (Å²) in [6, 6.07) is 19.0. The summed E-state index contributed by atoms with van der Waals surface area (Å²) < 4.78 is 8.32. The molecule has 3 heterocycles. The Hall–Kier alpha value is -3.46. The molecule has 0 bridgehead atoms. The number of piperazine rings is 1. The van der Waals surface area contributed by atoms with Crippen molar-refractivity contribution in [1.82, 2.24) is 24.4 Å². The van der Waals surface area contributed by atoms with Crippen molar-refractivity contribution in [3.05, 3.63) is 67.1 Å². The molecule has 0 spiro atoms. The van der Waals surface area contributed by atoms with Gasteiger partial charge >= 0.3 is 0 Å². The van der Waals surface area contributed by atoms with Crippen LogP contribution in [0.5, 0.6) is 11.5 Å². The molecule has 2 aromatic carbocycles. The highest BCUT2D eigenvalue weighted by molar-refractivity contribution is 6.00. The van der Waals surface area contributed by atoms with E-state index < -0.39 is 0 Å². The third-order valence-corrected chi connectivity index (χ3v) is 7.71. The average Bonchev–Trinajstić information content (AvgIpc) is 3.31. The van der Waals surface area contributed by atoms with E-state index in [0.29, 0.717) is 17.9 Å². The minimum Gasteiger partial charge on any atom is -0.457 e. The second-order valence-corrected chi connectivity index (χ2v) is 9.88. The minimum absolute atomic E-state index is 0.406. The van der Waals surface area contributed by atoms with E-state index in [1.807, 2.05) is 47.5 Å². The third-order valence-electron chi connectivity index (χ3n) is 7.71. The average molecular weight is 484 g/mol. The first-order valence-electron chi connectivity index (χ1n) is 12.8. The SMILES string of the molecule is Nc1ncnc2c1c(-c1ccc(Oc3ccccc3)cc1)cn2C1CCC(N2CCN(N)CC2)CC1. The molecule has 0 radical (unpaired) electrons. The van der Waals surface area contributed by atoms with Gasteiger partial charge in [0.1, 0.15) is 29.3 Å². The van der Waals surface area contributed by atoms with E-state index in [2.05, 4.69) is 37.8 Å². The van der Waals surface area contributed by atoms with Crippen LogP contribution in [0.1, 0.15) is 31.7 Å². The molecule has 2 aliphatic rings. The first-order valence-corrected chi connectivity index (χ1v) is 12.8. The van der Waals surface area contributed by atoms with Crippen LogP contribution < -0.4 is 16.3 Å². The number of nitrogens with two attached hydrogens (primary N) is 2. The van der Waals surface area contributed by atoms with Gasteiger partial charge in [0.15, 0.2) is 0 Å². The highest BCUT2D eigenvalue weighted by atomic mass is 16.5. The Balaban J connectivity index is 1.24. The van der Waals surface area contributed by atoms with Gasteiger partial charge in [0.05, 0.1) is 5.39 Å². The van der Waals surface area contributed by atoms with Gasteiger partial charge in [-0.15, -0.1) is 0 Å². The zero-order chi connectivity index (χ0) is 24.5. The first kappa shape index (κ1) is 23.0. The van der Waals surface area contributed by atoms with E-state index in [-0.39, 0.29) is 0 Å². The fourth-order valence-electron chi connectivity index (χ4n) is 5.74. The molecule has 2 fully saturated rings. The topological polar surface area (TPSA) is 98.5 Å². The number of fused-ring (bicyclic) bond motifs is 1. The molecule has 186 valence electrons. The largest absolute Gasteiger partial charge is 0.457 e. The lowest BCUT2D eigenvalue weighted by Crippen LogP contribution is -2.53. The van der Waals surface area contributed by atoms with Gasteiger partial charge in [-0.25, -0.2) is 15.0 Å². The molecular formula is C28H33N7O. The van der Waals surface area contributed by atoms with Crippen LogP contribution in [0.25, 0.3) is 22.2 Å². The Morgan fingerprint density at radius 2 is 1.44 bits per heavy atom. The van der Waals surface area contributed by atoms with E-state index in [1.165, 1.54) is 12.8 Å². The Bertz CT molecular complexity index is 1310. The van der Waals surface area contributed by atoms with Crippen LogP contribution in [-0.4, -0.2) is 56.7 Å². The van der Waals surface area contributed by atoms with E-state index in [4.69, 9.17) is 16.3 Å². The molecule has 8 heteroatoms. The number of nitrogens with zero attached hydrogens (tertiary/aromatic N) is 5. The summed E-state index contributed by atoms with van der Waals surface area (Å²) in [5, 5.41) is 2.86. The van der Waals surface area contributed by atoms with Crippen molar-refractivity contribution in [2.24, 2.45) is 5.84 Å². The maximum atomic E-state index is 6.39. The predicted octanol–water partition coefficient (Wildman–Crippen LogP) is 4.45. The van der Waals surface area contributed by atoms with Crippen LogP contribution in [-0.2, 0) is 0 Å². The molecule has 0 atom stereocenters. The predicted molar refractivity (Wildman–Crippen MR) is 143 cm³/mol. The summed E-state index contributed by atoms with van der Waals surface area (Å²) in [6.07, 6.45) is 8.44. The number of aromatic nitrogens is 3. The standard InChI is InChI=1S/C28H33N7O/c29-27-26-25(20-6-12-24(13-7-20)36-23-4-2-1-3-5-23)18-35(28(26)32-19-31-27)22-10-8-21(9-11-22)33-14-16-34(30)17-15-33/h1-7,12-13,18-19,21-22H,8-11,14-17,30H2,(H2,29,31,32). The van der Waals surface area contributed by atoms with Crippen molar-refractivity contribution >= 4 is 16.9 Å². The van der Waals surface area contributed by atoms with Gasteiger partial charge in [-0.1, -0.05) is 30.3 Å². The summed E-state index contributed by atoms with van der Waals surface area (Å²) in [5.74, 6) is 8.09. The summed E-state index contributed by atoms with van der Waals surface area (Å²) in [5.41, 5.74) is 9.45. The van der Waals surface area contributed by atoms with Crippen molar-refractivity contribution in [1.29, 1.82) is 0 Å². The van der Waals surface area contributed by atoms with Crippen molar-refractivity contribution in [2.45, 2.75) is 37.8 Å². The van der Waals surface area contributed by atoms with Crippen LogP contribution in [0.4, 0.5) is 5.82 Å². The van der Waals surface area contributed by atoms with Gasteiger partial charge in [-0.05, 0) is 55.5 Å². The van der Waals surface area contributed by atoms with Crippen molar-refractivity contribution in [3.8, 4) is 22.6 Å². The lowest BCUT2D eigenvalue weighted by Gasteiger charge is -2.41. The Kier molecular flexibility index (Phi) is 6.31. The Labute approximate surface area is 211 Å². The smallest absolute Gasteiger partial charge is 0.146 e. The monoisotopic (exact) mass is 483 g/mol. The third kappa shape index (κ3) is 4.55. The molecule has 0 unspecified atom stereocenters. The fraction of sp³-hybridized carbons (Fsp3) is 0.357. The molecule has 4 aromatic rings. The van der Waals surface area contributed by atoms with E-state index in [0.717, 1.165) is 72.7 Å². The van der Waals surface area contributed by atoms with Crippen LogP contribution in [0.2, 0.25) is 0 Å². The number of hydrazine groups is 1. The molecule has 1 aliphatic heterocycles. The maximum absolute atomic E-state index is 6.39. The van der Waals surface area contributed by atoms with Gasteiger partial charge in [-0.2, -0.15) is 0 Å². The van der Waals surface area contributed by atoms with Crippen molar-refractivity contribution in [3.63, 3.8) is 0 Å². The zero-order valence-corrected chi connectivity index (χ0v) is 20.5. The molecule has 6 rings (SSSR count). The fourth-order valence-corrected chi connectivity index (χ4v) is 5.74. The summed E-state index contributed by atoms with van der Waals surface area (Å²) in [6.45, 7) is 4.04. The van der Waals surface area contributed by atoms with Gasteiger partial charge in [0, 0.05) is 50.0 Å². The van der Waals surface area contributed by atoms with Crippen LogP contribution in [0.3, 0.4) is 0 Å². The zero-order valence-electron chi connectivity index (χ0n) is 20.5. The number of para-hydroxylation sites is 1. The summed E-state index contributed by atoms with van der Waals surface area (Å²) >= 11 is 0.